The van der Waals surface area contributed by atoms with Crippen LogP contribution in [-0.4, -0.2) is 40.8 Å². The molecule has 0 radical (unpaired) electrons. The van der Waals surface area contributed by atoms with Crippen LogP contribution in [0.5, 0.6) is 11.5 Å². The summed E-state index contributed by atoms with van der Waals surface area (Å²) in [5, 5.41) is 18.7. The molecule has 0 saturated carbocycles. The van der Waals surface area contributed by atoms with Gasteiger partial charge in [0.15, 0.2) is 0 Å². The number of ether oxygens (including phenoxy) is 2. The van der Waals surface area contributed by atoms with Crippen LogP contribution in [0.1, 0.15) is 53.1 Å². The molecule has 1 saturated heterocycles. The van der Waals surface area contributed by atoms with Crippen LogP contribution in [0.15, 0.2) is 59.3 Å². The van der Waals surface area contributed by atoms with Crippen LogP contribution < -0.4 is 15.4 Å². The number of nitrogens with zero attached hydrogens (tertiary/aromatic N) is 1. The van der Waals surface area contributed by atoms with E-state index in [4.69, 9.17) is 14.0 Å². The van der Waals surface area contributed by atoms with E-state index in [2.05, 4.69) is 15.8 Å². The van der Waals surface area contributed by atoms with Crippen molar-refractivity contribution >= 4 is 11.8 Å². The average Bonchev–Trinajstić information content (AvgIpc) is 3.43. The summed E-state index contributed by atoms with van der Waals surface area (Å²) in [6.07, 6.45) is -3.88. The number of hydrogen-bond donors (Lipinski definition) is 3. The molecule has 2 aromatic carbocycles. The first-order chi connectivity index (χ1) is 18.1. The molecular formula is C26H26F3N3O6. The van der Waals surface area contributed by atoms with E-state index < -0.39 is 40.9 Å². The summed E-state index contributed by atoms with van der Waals surface area (Å²) in [6.45, 7) is 2.06. The number of aliphatic hydroxyl groups excluding tert-OH is 1. The van der Waals surface area contributed by atoms with Gasteiger partial charge in [0.1, 0.15) is 17.0 Å². The molecule has 1 atom stereocenters. The van der Waals surface area contributed by atoms with Crippen molar-refractivity contribution in [3.05, 3.63) is 77.2 Å². The predicted octanol–water partition coefficient (Wildman–Crippen LogP) is 4.13. The Labute approximate surface area is 215 Å². The predicted molar refractivity (Wildman–Crippen MR) is 127 cm³/mol. The first kappa shape index (κ1) is 27.1. The second-order valence-electron chi connectivity index (χ2n) is 8.88. The summed E-state index contributed by atoms with van der Waals surface area (Å²) in [5.41, 5.74) is -1.41. The lowest BCUT2D eigenvalue weighted by atomic mass is 9.88. The second-order valence-corrected chi connectivity index (χ2v) is 8.88. The number of benzene rings is 2. The summed E-state index contributed by atoms with van der Waals surface area (Å²) in [4.78, 5) is 25.7. The Kier molecular flexibility index (Phi) is 8.02. The maximum absolute atomic E-state index is 13.5. The van der Waals surface area contributed by atoms with E-state index in [1.54, 1.807) is 12.1 Å². The number of carbonyl (C=O) groups excluding carboxylic acids is 2. The molecule has 0 bridgehead atoms. The highest BCUT2D eigenvalue weighted by Gasteiger charge is 2.42. The molecule has 0 spiro atoms. The number of rotatable bonds is 8. The highest BCUT2D eigenvalue weighted by Crippen LogP contribution is 2.39. The van der Waals surface area contributed by atoms with E-state index in [-0.39, 0.29) is 49.7 Å². The van der Waals surface area contributed by atoms with Crippen LogP contribution in [0.2, 0.25) is 0 Å². The third-order valence-corrected chi connectivity index (χ3v) is 6.19. The zero-order chi connectivity index (χ0) is 27.3. The van der Waals surface area contributed by atoms with E-state index >= 15 is 0 Å². The first-order valence-electron chi connectivity index (χ1n) is 11.8. The van der Waals surface area contributed by atoms with Crippen molar-refractivity contribution in [2.45, 2.75) is 44.1 Å². The molecule has 0 aliphatic carbocycles. The van der Waals surface area contributed by atoms with E-state index in [9.17, 15) is 27.9 Å². The number of alkyl halides is 3. The average molecular weight is 534 g/mol. The second kappa shape index (κ2) is 11.2. The van der Waals surface area contributed by atoms with E-state index in [0.717, 1.165) is 6.07 Å². The van der Waals surface area contributed by atoms with E-state index in [1.807, 2.05) is 0 Å². The Bertz CT molecular complexity index is 1250. The highest BCUT2D eigenvalue weighted by atomic mass is 19.4. The molecule has 1 aliphatic heterocycles. The summed E-state index contributed by atoms with van der Waals surface area (Å²) in [7, 11) is 0. The third-order valence-electron chi connectivity index (χ3n) is 6.19. The largest absolute Gasteiger partial charge is 0.457 e. The van der Waals surface area contributed by atoms with Gasteiger partial charge in [-0.2, -0.15) is 13.2 Å². The summed E-state index contributed by atoms with van der Waals surface area (Å²) in [6, 6.07) is 11.0. The van der Waals surface area contributed by atoms with Gasteiger partial charge in [0.25, 0.3) is 5.91 Å². The van der Waals surface area contributed by atoms with Crippen molar-refractivity contribution in [3.63, 3.8) is 0 Å². The number of halogens is 3. The van der Waals surface area contributed by atoms with Crippen LogP contribution >= 0.6 is 0 Å². The monoisotopic (exact) mass is 533 g/mol. The maximum Gasteiger partial charge on any atom is 0.419 e. The van der Waals surface area contributed by atoms with Crippen molar-refractivity contribution < 1.29 is 41.9 Å². The van der Waals surface area contributed by atoms with Gasteiger partial charge in [-0.15, -0.1) is 0 Å². The lowest BCUT2D eigenvalue weighted by Gasteiger charge is -2.36. The van der Waals surface area contributed by atoms with Gasteiger partial charge in [0, 0.05) is 38.7 Å². The smallest absolute Gasteiger partial charge is 0.419 e. The van der Waals surface area contributed by atoms with Gasteiger partial charge >= 0.3 is 6.18 Å². The minimum absolute atomic E-state index is 0.0200. The van der Waals surface area contributed by atoms with Crippen LogP contribution in [-0.2, 0) is 22.3 Å². The molecular weight excluding hydrogens is 507 g/mol. The van der Waals surface area contributed by atoms with Gasteiger partial charge in [-0.05, 0) is 42.3 Å². The number of nitrogens with one attached hydrogen (secondary N) is 2. The fraction of sp³-hybridized carbons (Fsp3) is 0.346. The summed E-state index contributed by atoms with van der Waals surface area (Å²) in [5.74, 6) is -1.22. The van der Waals surface area contributed by atoms with Crippen molar-refractivity contribution in [3.8, 4) is 11.5 Å². The van der Waals surface area contributed by atoms with Crippen LogP contribution in [0.3, 0.4) is 0 Å². The molecule has 3 aromatic rings. The lowest BCUT2D eigenvalue weighted by Crippen LogP contribution is -2.61. The first-order valence-corrected chi connectivity index (χ1v) is 11.8. The van der Waals surface area contributed by atoms with Crippen molar-refractivity contribution in [2.75, 3.05) is 13.2 Å². The van der Waals surface area contributed by atoms with Crippen molar-refractivity contribution in [1.29, 1.82) is 0 Å². The van der Waals surface area contributed by atoms with Gasteiger partial charge in [0.2, 0.25) is 11.7 Å². The van der Waals surface area contributed by atoms with Crippen LogP contribution in [0, 0.1) is 0 Å². The molecule has 3 N–H and O–H groups in total. The normalized spacial score (nSPS) is 15.9. The Morgan fingerprint density at radius 1 is 1.13 bits per heavy atom. The van der Waals surface area contributed by atoms with Crippen molar-refractivity contribution in [2.24, 2.45) is 0 Å². The molecule has 202 valence electrons. The van der Waals surface area contributed by atoms with Gasteiger partial charge < -0.3 is 29.7 Å². The maximum atomic E-state index is 13.5. The quantitative estimate of drug-likeness (QED) is 0.398. The molecule has 9 nitrogen and oxygen atoms in total. The molecule has 1 unspecified atom stereocenters. The fourth-order valence-corrected chi connectivity index (χ4v) is 4.01. The summed E-state index contributed by atoms with van der Waals surface area (Å²) >= 11 is 0. The molecule has 1 fully saturated rings. The molecule has 4 rings (SSSR count). The fourth-order valence-electron chi connectivity index (χ4n) is 4.01. The minimum Gasteiger partial charge on any atom is -0.457 e. The Morgan fingerprint density at radius 3 is 2.45 bits per heavy atom. The minimum atomic E-state index is -4.67. The van der Waals surface area contributed by atoms with Gasteiger partial charge in [-0.1, -0.05) is 23.4 Å². The van der Waals surface area contributed by atoms with Crippen LogP contribution in [0.4, 0.5) is 13.2 Å². The Balaban J connectivity index is 1.42. The van der Waals surface area contributed by atoms with Gasteiger partial charge in [-0.25, -0.2) is 0 Å². The molecule has 2 amide bonds. The van der Waals surface area contributed by atoms with E-state index in [1.165, 1.54) is 43.5 Å². The molecule has 12 heteroatoms. The standard InChI is InChI=1S/C26H26F3N3O6/c1-16(33)18-4-7-21(20(14-18)26(27,28)29)37-19-5-2-17(3-6-19)15-30-24(35)25(9-12-36-13-10-25)32-23(34)22-8-11-31-38-22/h2-8,11,14,16,33H,9-10,12-13,15H2,1H3,(H,30,35)(H,32,34). The summed E-state index contributed by atoms with van der Waals surface area (Å²) < 4.78 is 56.3. The van der Waals surface area contributed by atoms with Gasteiger partial charge in [-0.3, -0.25) is 9.59 Å². The van der Waals surface area contributed by atoms with Crippen LogP contribution in [0.25, 0.3) is 0 Å². The molecule has 1 aliphatic rings. The number of carbonyl (C=O) groups is 2. The van der Waals surface area contributed by atoms with Gasteiger partial charge in [0.05, 0.1) is 17.9 Å². The van der Waals surface area contributed by atoms with E-state index in [0.29, 0.717) is 5.56 Å². The topological polar surface area (TPSA) is 123 Å². The zero-order valence-electron chi connectivity index (χ0n) is 20.4. The Morgan fingerprint density at radius 2 is 1.84 bits per heavy atom. The van der Waals surface area contributed by atoms with Crippen molar-refractivity contribution in [1.82, 2.24) is 15.8 Å². The Hall–Kier alpha value is -3.90. The third kappa shape index (κ3) is 6.32. The number of amides is 2. The molecule has 1 aromatic heterocycles. The number of aliphatic hydroxyl groups is 1. The SMILES string of the molecule is CC(O)c1ccc(Oc2ccc(CNC(=O)C3(NC(=O)c4ccno4)CCOCC3)cc2)c(C(F)(F)F)c1. The number of aromatic nitrogens is 1. The number of hydrogen-bond acceptors (Lipinski definition) is 7. The highest BCUT2D eigenvalue weighted by molar-refractivity contribution is 5.97. The molecule has 2 heterocycles. The lowest BCUT2D eigenvalue weighted by molar-refractivity contribution is -0.138. The molecule has 38 heavy (non-hydrogen) atoms. The zero-order valence-corrected chi connectivity index (χ0v) is 20.4.